The Labute approximate surface area is 283 Å². The zero-order chi connectivity index (χ0) is 36.8. The molecule has 0 aliphatic carbocycles. The summed E-state index contributed by atoms with van der Waals surface area (Å²) in [5, 5.41) is -6.54. The number of halogens is 9. The van der Waals surface area contributed by atoms with Crippen LogP contribution in [-0.4, -0.2) is 46.6 Å². The number of hydrogen-bond acceptors (Lipinski definition) is 6. The Morgan fingerprint density at radius 2 is 0.902 bits per heavy atom. The van der Waals surface area contributed by atoms with E-state index >= 15 is 0 Å². The maximum Gasteiger partial charge on any atom is 0.460 e. The molecule has 51 heavy (non-hydrogen) atoms. The normalized spacial score (nSPS) is 13.0. The number of benzene rings is 5. The lowest BCUT2D eigenvalue weighted by Crippen LogP contribution is -2.63. The van der Waals surface area contributed by atoms with Crippen LogP contribution in [0.1, 0.15) is 0 Å². The van der Waals surface area contributed by atoms with Crippen molar-refractivity contribution in [3.63, 3.8) is 0 Å². The number of fused-ring (bicyclic) bond motifs is 1. The van der Waals surface area contributed by atoms with E-state index < -0.39 is 39.1 Å². The molecule has 0 aliphatic heterocycles. The molecule has 1 aromatic heterocycles. The van der Waals surface area contributed by atoms with Crippen LogP contribution in [0.25, 0.3) is 56.1 Å². The smallest absolute Gasteiger partial charge is 0.377 e. The predicted molar refractivity (Wildman–Crippen MR) is 170 cm³/mol. The SMILES string of the molecule is O=S(=O)(Oc1ccc2ccccc2c1-c1ccc(-c2nc(-c3ccccc3)nc(-c3ccccc3)n2)cc1)C(F)(F)C(F)(F)C(F)(F)C(F)(F)F. The van der Waals surface area contributed by atoms with E-state index in [1.54, 1.807) is 54.6 Å². The number of aromatic nitrogens is 3. The van der Waals surface area contributed by atoms with Gasteiger partial charge in [0.1, 0.15) is 0 Å². The van der Waals surface area contributed by atoms with Gasteiger partial charge in [0.15, 0.2) is 23.2 Å². The molecular weight excluding hydrogens is 713 g/mol. The molecular formula is C35H20F9N3O3S. The van der Waals surface area contributed by atoms with Gasteiger partial charge in [-0.05, 0) is 22.4 Å². The fourth-order valence-corrected chi connectivity index (χ4v) is 5.95. The van der Waals surface area contributed by atoms with Gasteiger partial charge in [0, 0.05) is 22.3 Å². The first-order chi connectivity index (χ1) is 23.9. The van der Waals surface area contributed by atoms with Gasteiger partial charge in [-0.15, -0.1) is 0 Å². The van der Waals surface area contributed by atoms with Crippen molar-refractivity contribution >= 4 is 20.9 Å². The molecule has 262 valence electrons. The monoisotopic (exact) mass is 733 g/mol. The van der Waals surface area contributed by atoms with Gasteiger partial charge >= 0.3 is 33.4 Å². The van der Waals surface area contributed by atoms with Crippen LogP contribution in [0.2, 0.25) is 0 Å². The molecule has 0 radical (unpaired) electrons. The molecule has 6 aromatic rings. The summed E-state index contributed by atoms with van der Waals surface area (Å²) in [5.41, 5.74) is 1.51. The second-order valence-corrected chi connectivity index (χ2v) is 12.6. The first-order valence-corrected chi connectivity index (χ1v) is 16.0. The van der Waals surface area contributed by atoms with Crippen LogP contribution < -0.4 is 4.18 Å². The first-order valence-electron chi connectivity index (χ1n) is 14.6. The first kappa shape index (κ1) is 35.3. The molecule has 0 spiro atoms. The summed E-state index contributed by atoms with van der Waals surface area (Å²) in [4.78, 5) is 13.8. The van der Waals surface area contributed by atoms with Crippen molar-refractivity contribution in [2.24, 2.45) is 0 Å². The van der Waals surface area contributed by atoms with Crippen molar-refractivity contribution in [3.05, 3.63) is 121 Å². The van der Waals surface area contributed by atoms with Gasteiger partial charge in [-0.2, -0.15) is 47.9 Å². The molecule has 0 atom stereocenters. The van der Waals surface area contributed by atoms with Crippen LogP contribution in [0.5, 0.6) is 5.75 Å². The van der Waals surface area contributed by atoms with Crippen LogP contribution in [0, 0.1) is 0 Å². The largest absolute Gasteiger partial charge is 0.460 e. The Balaban J connectivity index is 1.44. The third kappa shape index (κ3) is 6.24. The van der Waals surface area contributed by atoms with Gasteiger partial charge < -0.3 is 4.18 Å². The highest BCUT2D eigenvalue weighted by molar-refractivity contribution is 7.88. The number of hydrogen-bond donors (Lipinski definition) is 0. The van der Waals surface area contributed by atoms with Gasteiger partial charge in [0.25, 0.3) is 0 Å². The summed E-state index contributed by atoms with van der Waals surface area (Å²) in [6.45, 7) is 0. The Bertz CT molecular complexity index is 2270. The van der Waals surface area contributed by atoms with E-state index in [9.17, 15) is 47.9 Å². The average Bonchev–Trinajstić information content (AvgIpc) is 3.11. The van der Waals surface area contributed by atoms with Crippen molar-refractivity contribution in [2.45, 2.75) is 23.3 Å². The van der Waals surface area contributed by atoms with Crippen molar-refractivity contribution < 1.29 is 52.1 Å². The lowest BCUT2D eigenvalue weighted by Gasteiger charge is -2.32. The predicted octanol–water partition coefficient (Wildman–Crippen LogP) is 9.83. The minimum atomic E-state index is -7.46. The van der Waals surface area contributed by atoms with Gasteiger partial charge in [0.2, 0.25) is 0 Å². The third-order valence-electron chi connectivity index (χ3n) is 7.65. The van der Waals surface area contributed by atoms with Crippen molar-refractivity contribution in [1.82, 2.24) is 15.0 Å². The summed E-state index contributed by atoms with van der Waals surface area (Å²) in [5.74, 6) is -15.1. The fraction of sp³-hybridized carbons (Fsp3) is 0.114. The topological polar surface area (TPSA) is 82.0 Å². The summed E-state index contributed by atoms with van der Waals surface area (Å²) in [6, 6.07) is 31.5. The Kier molecular flexibility index (Phi) is 8.78. The molecule has 5 aromatic carbocycles. The minimum Gasteiger partial charge on any atom is -0.377 e. The maximum atomic E-state index is 14.6. The molecule has 0 amide bonds. The van der Waals surface area contributed by atoms with Crippen LogP contribution in [0.15, 0.2) is 121 Å². The molecule has 0 saturated heterocycles. The molecule has 0 aliphatic rings. The molecule has 0 N–H and O–H groups in total. The number of alkyl halides is 9. The summed E-state index contributed by atoms with van der Waals surface area (Å²) in [7, 11) is -7.22. The second kappa shape index (κ2) is 12.7. The van der Waals surface area contributed by atoms with Crippen molar-refractivity contribution in [3.8, 4) is 51.0 Å². The standard InChI is InChI=1S/C35H20F9N3O3S/c36-32(37,34(40,41)42)33(38,39)35(43,44)51(48,49)50-27-20-19-21-9-7-8-14-26(21)28(27)22-15-17-25(18-16-22)31-46-29(23-10-3-1-4-11-23)45-30(47-31)24-12-5-2-6-13-24/h1-20H. The van der Waals surface area contributed by atoms with E-state index in [1.165, 1.54) is 42.5 Å². The van der Waals surface area contributed by atoms with E-state index in [1.807, 2.05) is 12.1 Å². The van der Waals surface area contributed by atoms with E-state index in [4.69, 9.17) is 0 Å². The molecule has 1 heterocycles. The molecule has 0 bridgehead atoms. The van der Waals surface area contributed by atoms with E-state index in [0.717, 1.165) is 12.1 Å². The van der Waals surface area contributed by atoms with Crippen molar-refractivity contribution in [1.29, 1.82) is 0 Å². The number of nitrogens with zero attached hydrogens (tertiary/aromatic N) is 3. The van der Waals surface area contributed by atoms with Crippen molar-refractivity contribution in [2.75, 3.05) is 0 Å². The van der Waals surface area contributed by atoms with Gasteiger partial charge in [-0.3, -0.25) is 0 Å². The van der Waals surface area contributed by atoms with Gasteiger partial charge in [-0.25, -0.2) is 15.0 Å². The Morgan fingerprint density at radius 3 is 1.39 bits per heavy atom. The molecule has 0 fully saturated rings. The lowest BCUT2D eigenvalue weighted by molar-refractivity contribution is -0.382. The van der Waals surface area contributed by atoms with Crippen LogP contribution in [-0.2, 0) is 10.1 Å². The summed E-state index contributed by atoms with van der Waals surface area (Å²) < 4.78 is 152. The minimum absolute atomic E-state index is 0.0528. The van der Waals surface area contributed by atoms with Gasteiger partial charge in [0.05, 0.1) is 0 Å². The second-order valence-electron chi connectivity index (χ2n) is 11.0. The lowest BCUT2D eigenvalue weighted by atomic mass is 9.96. The fourth-order valence-electron chi connectivity index (χ4n) is 5.03. The van der Waals surface area contributed by atoms with E-state index in [-0.39, 0.29) is 22.3 Å². The number of rotatable bonds is 9. The van der Waals surface area contributed by atoms with Crippen LogP contribution in [0.3, 0.4) is 0 Å². The average molecular weight is 734 g/mol. The Hall–Kier alpha value is -5.51. The quantitative estimate of drug-likeness (QED) is 0.109. The highest BCUT2D eigenvalue weighted by Crippen LogP contribution is 2.55. The maximum absolute atomic E-state index is 14.6. The van der Waals surface area contributed by atoms with Crippen LogP contribution in [0.4, 0.5) is 39.5 Å². The molecule has 0 unspecified atom stereocenters. The third-order valence-corrected chi connectivity index (χ3v) is 8.93. The van der Waals surface area contributed by atoms with E-state index in [0.29, 0.717) is 33.7 Å². The van der Waals surface area contributed by atoms with Gasteiger partial charge in [-0.1, -0.05) is 115 Å². The summed E-state index contributed by atoms with van der Waals surface area (Å²) >= 11 is 0. The molecule has 0 saturated carbocycles. The molecule has 6 rings (SSSR count). The molecule has 16 heteroatoms. The zero-order valence-corrected chi connectivity index (χ0v) is 26.2. The highest BCUT2D eigenvalue weighted by atomic mass is 32.2. The Morgan fingerprint density at radius 1 is 0.471 bits per heavy atom. The summed E-state index contributed by atoms with van der Waals surface area (Å²) in [6.07, 6.45) is -7.23. The zero-order valence-electron chi connectivity index (χ0n) is 25.4. The highest BCUT2D eigenvalue weighted by Gasteiger charge is 2.86. The van der Waals surface area contributed by atoms with E-state index in [2.05, 4.69) is 19.1 Å². The van der Waals surface area contributed by atoms with Crippen LogP contribution >= 0.6 is 0 Å². The molecule has 6 nitrogen and oxygen atoms in total.